The molecule has 1 fully saturated rings. The van der Waals surface area contributed by atoms with Crippen molar-refractivity contribution < 1.29 is 13.6 Å². The maximum absolute atomic E-state index is 13.4. The third-order valence-corrected chi connectivity index (χ3v) is 6.20. The van der Waals surface area contributed by atoms with E-state index < -0.39 is 5.69 Å². The summed E-state index contributed by atoms with van der Waals surface area (Å²) in [6, 6.07) is 10.6. The smallest absolute Gasteiger partial charge is 0.348 e. The molecule has 2 aromatic heterocycles. The zero-order valence-corrected chi connectivity index (χ0v) is 17.8. The standard InChI is InChI=1S/C23H20ClFN4O3/c24-14-5-8-18-16(12-14)20-21(32-18)19(13-3-6-15(25)7-4-13)27-23(31)29(20)11-10-28-9-1-2-17(28)22(26)30/h3-8,12,17H,1-2,9-11H2,(H2,26,30). The summed E-state index contributed by atoms with van der Waals surface area (Å²) >= 11 is 6.23. The van der Waals surface area contributed by atoms with Gasteiger partial charge in [0.2, 0.25) is 5.91 Å². The SMILES string of the molecule is NC(=O)C1CCCN1CCn1c(=O)nc(-c2ccc(F)cc2)c2oc3ccc(Cl)cc3c21. The quantitative estimate of drug-likeness (QED) is 0.497. The molecule has 1 unspecified atom stereocenters. The van der Waals surface area contributed by atoms with Crippen LogP contribution in [0.4, 0.5) is 4.39 Å². The number of halogens is 2. The average molecular weight is 455 g/mol. The molecule has 2 aromatic carbocycles. The van der Waals surface area contributed by atoms with Gasteiger partial charge < -0.3 is 10.2 Å². The van der Waals surface area contributed by atoms with Crippen LogP contribution in [0.1, 0.15) is 12.8 Å². The second-order valence-corrected chi connectivity index (χ2v) is 8.35. The fourth-order valence-electron chi connectivity index (χ4n) is 4.44. The van der Waals surface area contributed by atoms with Crippen molar-refractivity contribution in [1.29, 1.82) is 0 Å². The van der Waals surface area contributed by atoms with E-state index in [4.69, 9.17) is 21.8 Å². The lowest BCUT2D eigenvalue weighted by molar-refractivity contribution is -0.122. The van der Waals surface area contributed by atoms with Gasteiger partial charge in [0.05, 0.1) is 6.04 Å². The van der Waals surface area contributed by atoms with Crippen molar-refractivity contribution in [3.63, 3.8) is 0 Å². The Kier molecular flexibility index (Phi) is 5.19. The number of fused-ring (bicyclic) bond motifs is 3. The van der Waals surface area contributed by atoms with Gasteiger partial charge in [-0.2, -0.15) is 4.98 Å². The van der Waals surface area contributed by atoms with Crippen molar-refractivity contribution in [1.82, 2.24) is 14.5 Å². The van der Waals surface area contributed by atoms with E-state index in [2.05, 4.69) is 4.98 Å². The summed E-state index contributed by atoms with van der Waals surface area (Å²) < 4.78 is 21.1. The zero-order chi connectivity index (χ0) is 22.4. The number of nitrogens with two attached hydrogens (primary N) is 1. The molecule has 2 N–H and O–H groups in total. The first kappa shape index (κ1) is 20.7. The summed E-state index contributed by atoms with van der Waals surface area (Å²) in [7, 11) is 0. The van der Waals surface area contributed by atoms with Crippen molar-refractivity contribution in [2.75, 3.05) is 13.1 Å². The number of carbonyl (C=O) groups excluding carboxylic acids is 1. The van der Waals surface area contributed by atoms with Crippen LogP contribution < -0.4 is 11.4 Å². The summed E-state index contributed by atoms with van der Waals surface area (Å²) in [5.74, 6) is -0.741. The average Bonchev–Trinajstić information content (AvgIpc) is 3.38. The number of nitrogens with zero attached hydrogens (tertiary/aromatic N) is 3. The fourth-order valence-corrected chi connectivity index (χ4v) is 4.62. The van der Waals surface area contributed by atoms with Gasteiger partial charge in [0, 0.05) is 29.1 Å². The number of rotatable bonds is 5. The molecule has 1 atom stereocenters. The Balaban J connectivity index is 1.67. The van der Waals surface area contributed by atoms with E-state index in [1.807, 2.05) is 4.90 Å². The van der Waals surface area contributed by atoms with E-state index >= 15 is 0 Å². The molecule has 1 aliphatic rings. The second-order valence-electron chi connectivity index (χ2n) is 7.92. The molecule has 1 saturated heterocycles. The third-order valence-electron chi connectivity index (χ3n) is 5.97. The summed E-state index contributed by atoms with van der Waals surface area (Å²) in [6.07, 6.45) is 1.59. The maximum Gasteiger partial charge on any atom is 0.348 e. The first-order valence-electron chi connectivity index (χ1n) is 10.3. The van der Waals surface area contributed by atoms with Crippen LogP contribution >= 0.6 is 11.6 Å². The molecule has 0 aliphatic carbocycles. The molecule has 164 valence electrons. The Bertz CT molecular complexity index is 1400. The molecular formula is C23H20ClFN4O3. The first-order valence-corrected chi connectivity index (χ1v) is 10.7. The van der Waals surface area contributed by atoms with Gasteiger partial charge in [-0.05, 0) is 61.9 Å². The molecule has 0 spiro atoms. The number of carbonyl (C=O) groups is 1. The van der Waals surface area contributed by atoms with Crippen LogP contribution in [0.25, 0.3) is 33.3 Å². The van der Waals surface area contributed by atoms with E-state index in [9.17, 15) is 14.0 Å². The molecule has 32 heavy (non-hydrogen) atoms. The van der Waals surface area contributed by atoms with Gasteiger partial charge in [0.15, 0.2) is 5.58 Å². The van der Waals surface area contributed by atoms with Gasteiger partial charge in [-0.3, -0.25) is 14.3 Å². The number of benzene rings is 2. The van der Waals surface area contributed by atoms with Crippen molar-refractivity contribution in [2.45, 2.75) is 25.4 Å². The van der Waals surface area contributed by atoms with Crippen LogP contribution in [0.3, 0.4) is 0 Å². The number of aromatic nitrogens is 2. The van der Waals surface area contributed by atoms with Crippen LogP contribution in [0.5, 0.6) is 0 Å². The van der Waals surface area contributed by atoms with E-state index in [-0.39, 0.29) is 17.8 Å². The lowest BCUT2D eigenvalue weighted by Crippen LogP contribution is -2.42. The Labute approximate surface area is 187 Å². The van der Waals surface area contributed by atoms with Gasteiger partial charge >= 0.3 is 5.69 Å². The lowest BCUT2D eigenvalue weighted by atomic mass is 10.1. The summed E-state index contributed by atoms with van der Waals surface area (Å²) in [4.78, 5) is 31.1. The highest BCUT2D eigenvalue weighted by Gasteiger charge is 2.29. The van der Waals surface area contributed by atoms with Crippen LogP contribution in [0.15, 0.2) is 51.7 Å². The molecule has 7 nitrogen and oxygen atoms in total. The molecule has 0 saturated carbocycles. The van der Waals surface area contributed by atoms with E-state index in [1.165, 1.54) is 12.1 Å². The fraction of sp³-hybridized carbons (Fsp3) is 0.261. The Morgan fingerprint density at radius 2 is 2.00 bits per heavy atom. The highest BCUT2D eigenvalue weighted by molar-refractivity contribution is 6.31. The Morgan fingerprint density at radius 3 is 2.75 bits per heavy atom. The minimum Gasteiger partial charge on any atom is -0.452 e. The molecule has 0 radical (unpaired) electrons. The minimum absolute atomic E-state index is 0.303. The van der Waals surface area contributed by atoms with Crippen LogP contribution in [-0.2, 0) is 11.3 Å². The van der Waals surface area contributed by atoms with E-state index in [0.717, 1.165) is 13.0 Å². The molecule has 4 aromatic rings. The van der Waals surface area contributed by atoms with Gasteiger partial charge in [0.1, 0.15) is 22.6 Å². The Hall–Kier alpha value is -3.23. The molecular weight excluding hydrogens is 435 g/mol. The molecule has 5 rings (SSSR count). The van der Waals surface area contributed by atoms with Crippen molar-refractivity contribution in [3.05, 3.63) is 63.8 Å². The van der Waals surface area contributed by atoms with Gasteiger partial charge in [-0.1, -0.05) is 11.6 Å². The number of hydrogen-bond donors (Lipinski definition) is 1. The van der Waals surface area contributed by atoms with Gasteiger partial charge in [-0.15, -0.1) is 0 Å². The van der Waals surface area contributed by atoms with Crippen LogP contribution in [0, 0.1) is 5.82 Å². The molecule has 1 amide bonds. The lowest BCUT2D eigenvalue weighted by Gasteiger charge is -2.22. The predicted octanol–water partition coefficient (Wildman–Crippen LogP) is 3.55. The normalized spacial score (nSPS) is 16.9. The van der Waals surface area contributed by atoms with Gasteiger partial charge in [0.25, 0.3) is 0 Å². The largest absolute Gasteiger partial charge is 0.452 e. The summed E-state index contributed by atoms with van der Waals surface area (Å²) in [5.41, 5.74) is 7.52. The van der Waals surface area contributed by atoms with Crippen molar-refractivity contribution >= 4 is 39.6 Å². The third kappa shape index (κ3) is 3.55. The monoisotopic (exact) mass is 454 g/mol. The molecule has 0 bridgehead atoms. The van der Waals surface area contributed by atoms with Crippen LogP contribution in [-0.4, -0.2) is 39.5 Å². The zero-order valence-electron chi connectivity index (χ0n) is 17.1. The highest BCUT2D eigenvalue weighted by atomic mass is 35.5. The van der Waals surface area contributed by atoms with E-state index in [0.29, 0.717) is 57.9 Å². The topological polar surface area (TPSA) is 94.4 Å². The van der Waals surface area contributed by atoms with Crippen LogP contribution in [0.2, 0.25) is 5.02 Å². The minimum atomic E-state index is -0.464. The van der Waals surface area contributed by atoms with Gasteiger partial charge in [-0.25, -0.2) is 9.18 Å². The molecule has 1 aliphatic heterocycles. The predicted molar refractivity (Wildman–Crippen MR) is 120 cm³/mol. The van der Waals surface area contributed by atoms with Crippen molar-refractivity contribution in [2.24, 2.45) is 5.73 Å². The number of furan rings is 1. The Morgan fingerprint density at radius 1 is 1.22 bits per heavy atom. The van der Waals surface area contributed by atoms with E-state index in [1.54, 1.807) is 34.9 Å². The second kappa shape index (κ2) is 8.03. The first-order chi connectivity index (χ1) is 15.4. The molecule has 3 heterocycles. The van der Waals surface area contributed by atoms with Crippen molar-refractivity contribution in [3.8, 4) is 11.3 Å². The number of amides is 1. The number of likely N-dealkylation sites (tertiary alicyclic amines) is 1. The summed E-state index contributed by atoms with van der Waals surface area (Å²) in [6.45, 7) is 1.51. The maximum atomic E-state index is 13.4. The highest BCUT2D eigenvalue weighted by Crippen LogP contribution is 2.35. The number of hydrogen-bond acceptors (Lipinski definition) is 5. The molecule has 9 heteroatoms. The summed E-state index contributed by atoms with van der Waals surface area (Å²) in [5, 5.41) is 1.19. The number of primary amides is 1.